The Balaban J connectivity index is 1.90. The largest absolute Gasteiger partial charge is 0.480 e. The highest BCUT2D eigenvalue weighted by Gasteiger charge is 2.16. The molecule has 3 aromatic heterocycles. The van der Waals surface area contributed by atoms with Crippen molar-refractivity contribution in [1.29, 1.82) is 0 Å². The number of hydrogen-bond donors (Lipinski definition) is 1. The van der Waals surface area contributed by atoms with Crippen LogP contribution >= 0.6 is 0 Å². The third-order valence-electron chi connectivity index (χ3n) is 3.48. The number of hydrogen-bond acceptors (Lipinski definition) is 6. The number of fused-ring (bicyclic) bond motifs is 1. The standard InChI is InChI=1S/C17H16N4O4/c1-3-25-17(23)13-10-19-21-8-6-11(9-14(13)21)20-15(22)12-5-4-7-18-16(12)24-2/h4-10H,3H2,1-2H3,(H,20,22). The molecule has 3 heterocycles. The second-order valence-electron chi connectivity index (χ2n) is 5.04. The van der Waals surface area contributed by atoms with Crippen LogP contribution in [0.3, 0.4) is 0 Å². The fraction of sp³-hybridized carbons (Fsp3) is 0.176. The summed E-state index contributed by atoms with van der Waals surface area (Å²) in [5.74, 6) is -0.598. The van der Waals surface area contributed by atoms with Gasteiger partial charge in [0, 0.05) is 18.1 Å². The highest BCUT2D eigenvalue weighted by molar-refractivity contribution is 6.06. The molecule has 1 N–H and O–H groups in total. The molecule has 3 aromatic rings. The summed E-state index contributed by atoms with van der Waals surface area (Å²) in [6, 6.07) is 6.59. The highest BCUT2D eigenvalue weighted by atomic mass is 16.5. The highest BCUT2D eigenvalue weighted by Crippen LogP contribution is 2.20. The van der Waals surface area contributed by atoms with Crippen LogP contribution in [0.1, 0.15) is 27.6 Å². The second-order valence-corrected chi connectivity index (χ2v) is 5.04. The van der Waals surface area contributed by atoms with Crippen molar-refractivity contribution in [3.8, 4) is 5.88 Å². The lowest BCUT2D eigenvalue weighted by molar-refractivity contribution is 0.0528. The molecule has 0 atom stereocenters. The molecule has 0 saturated carbocycles. The van der Waals surface area contributed by atoms with Gasteiger partial charge in [-0.05, 0) is 31.2 Å². The van der Waals surface area contributed by atoms with Gasteiger partial charge in [-0.25, -0.2) is 14.3 Å². The lowest BCUT2D eigenvalue weighted by atomic mass is 10.2. The van der Waals surface area contributed by atoms with Gasteiger partial charge in [-0.3, -0.25) is 4.79 Å². The lowest BCUT2D eigenvalue weighted by Gasteiger charge is -2.08. The number of esters is 1. The van der Waals surface area contributed by atoms with Crippen LogP contribution in [-0.2, 0) is 4.74 Å². The minimum Gasteiger partial charge on any atom is -0.480 e. The number of carbonyl (C=O) groups excluding carboxylic acids is 2. The Kier molecular flexibility index (Phi) is 4.60. The van der Waals surface area contributed by atoms with Gasteiger partial charge in [-0.15, -0.1) is 0 Å². The molecule has 25 heavy (non-hydrogen) atoms. The average Bonchev–Trinajstić information content (AvgIpc) is 3.05. The van der Waals surface area contributed by atoms with Crippen molar-refractivity contribution < 1.29 is 19.1 Å². The Morgan fingerprint density at radius 3 is 2.88 bits per heavy atom. The number of anilines is 1. The predicted octanol–water partition coefficient (Wildman–Crippen LogP) is 2.17. The molecule has 3 rings (SSSR count). The SMILES string of the molecule is CCOC(=O)c1cnn2ccc(NC(=O)c3cccnc3OC)cc12. The van der Waals surface area contributed by atoms with E-state index in [1.165, 1.54) is 17.8 Å². The van der Waals surface area contributed by atoms with E-state index in [0.717, 1.165) is 0 Å². The normalized spacial score (nSPS) is 10.5. The van der Waals surface area contributed by atoms with Crippen molar-refractivity contribution >= 4 is 23.1 Å². The molecule has 0 saturated heterocycles. The number of pyridine rings is 2. The summed E-state index contributed by atoms with van der Waals surface area (Å²) in [4.78, 5) is 28.4. The molecule has 8 nitrogen and oxygen atoms in total. The number of nitrogens with one attached hydrogen (secondary N) is 1. The van der Waals surface area contributed by atoms with Gasteiger partial charge < -0.3 is 14.8 Å². The molecule has 0 unspecified atom stereocenters. The molecular weight excluding hydrogens is 324 g/mol. The average molecular weight is 340 g/mol. The van der Waals surface area contributed by atoms with Crippen LogP contribution in [0.4, 0.5) is 5.69 Å². The van der Waals surface area contributed by atoms with Crippen LogP contribution in [0.5, 0.6) is 5.88 Å². The van der Waals surface area contributed by atoms with Crippen molar-refractivity contribution in [2.45, 2.75) is 6.92 Å². The molecule has 0 spiro atoms. The van der Waals surface area contributed by atoms with Gasteiger partial charge in [0.1, 0.15) is 11.1 Å². The molecule has 0 aliphatic heterocycles. The Bertz CT molecular complexity index is 935. The number of rotatable bonds is 5. The Hall–Kier alpha value is -3.42. The fourth-order valence-electron chi connectivity index (χ4n) is 2.35. The minimum atomic E-state index is -0.463. The minimum absolute atomic E-state index is 0.234. The zero-order chi connectivity index (χ0) is 17.8. The Morgan fingerprint density at radius 1 is 1.28 bits per heavy atom. The molecule has 0 aliphatic rings. The topological polar surface area (TPSA) is 94.8 Å². The Labute approximate surface area is 143 Å². The Morgan fingerprint density at radius 2 is 2.12 bits per heavy atom. The smallest absolute Gasteiger partial charge is 0.341 e. The van der Waals surface area contributed by atoms with Crippen LogP contribution in [0.2, 0.25) is 0 Å². The maximum Gasteiger partial charge on any atom is 0.341 e. The molecular formula is C17H16N4O4. The van der Waals surface area contributed by atoms with Gasteiger partial charge >= 0.3 is 5.97 Å². The quantitative estimate of drug-likeness (QED) is 0.715. The van der Waals surface area contributed by atoms with Gasteiger partial charge in [-0.1, -0.05) is 0 Å². The van der Waals surface area contributed by atoms with E-state index in [0.29, 0.717) is 22.3 Å². The van der Waals surface area contributed by atoms with Crippen molar-refractivity contribution in [1.82, 2.24) is 14.6 Å². The van der Waals surface area contributed by atoms with E-state index in [2.05, 4.69) is 15.4 Å². The van der Waals surface area contributed by atoms with Crippen LogP contribution in [-0.4, -0.2) is 40.2 Å². The first-order valence-corrected chi connectivity index (χ1v) is 7.59. The van der Waals surface area contributed by atoms with Gasteiger partial charge in [0.15, 0.2) is 0 Å². The summed E-state index contributed by atoms with van der Waals surface area (Å²) in [5, 5.41) is 6.86. The summed E-state index contributed by atoms with van der Waals surface area (Å²) >= 11 is 0. The number of carbonyl (C=O) groups is 2. The van der Waals surface area contributed by atoms with E-state index >= 15 is 0 Å². The van der Waals surface area contributed by atoms with E-state index in [1.54, 1.807) is 43.6 Å². The van der Waals surface area contributed by atoms with Gasteiger partial charge in [-0.2, -0.15) is 5.10 Å². The first-order chi connectivity index (χ1) is 12.1. The van der Waals surface area contributed by atoms with Crippen molar-refractivity contribution in [3.63, 3.8) is 0 Å². The predicted molar refractivity (Wildman–Crippen MR) is 89.9 cm³/mol. The summed E-state index contributed by atoms with van der Waals surface area (Å²) in [6.45, 7) is 2.00. The first kappa shape index (κ1) is 16.4. The molecule has 128 valence electrons. The van der Waals surface area contributed by atoms with Crippen molar-refractivity contribution in [2.75, 3.05) is 19.0 Å². The molecule has 0 aromatic carbocycles. The molecule has 0 aliphatic carbocycles. The van der Waals surface area contributed by atoms with E-state index in [9.17, 15) is 9.59 Å². The third-order valence-corrected chi connectivity index (χ3v) is 3.48. The second kappa shape index (κ2) is 7.00. The zero-order valence-electron chi connectivity index (χ0n) is 13.7. The maximum absolute atomic E-state index is 12.4. The lowest BCUT2D eigenvalue weighted by Crippen LogP contribution is -2.14. The van der Waals surface area contributed by atoms with Gasteiger partial charge in [0.25, 0.3) is 5.91 Å². The van der Waals surface area contributed by atoms with E-state index in [4.69, 9.17) is 9.47 Å². The molecule has 1 amide bonds. The molecule has 0 radical (unpaired) electrons. The molecule has 8 heteroatoms. The van der Waals surface area contributed by atoms with E-state index < -0.39 is 5.97 Å². The molecule has 0 fully saturated rings. The van der Waals surface area contributed by atoms with Gasteiger partial charge in [0.05, 0.1) is 25.4 Å². The maximum atomic E-state index is 12.4. The summed E-state index contributed by atoms with van der Waals surface area (Å²) < 4.78 is 11.6. The molecule has 0 bridgehead atoms. The fourth-order valence-corrected chi connectivity index (χ4v) is 2.35. The number of amides is 1. The first-order valence-electron chi connectivity index (χ1n) is 7.59. The van der Waals surface area contributed by atoms with Crippen molar-refractivity contribution in [3.05, 3.63) is 54.0 Å². The summed E-state index contributed by atoms with van der Waals surface area (Å²) in [7, 11) is 1.45. The van der Waals surface area contributed by atoms with Gasteiger partial charge in [0.2, 0.25) is 5.88 Å². The number of aromatic nitrogens is 3. The van der Waals surface area contributed by atoms with Crippen LogP contribution in [0.15, 0.2) is 42.9 Å². The third kappa shape index (κ3) is 3.27. The van der Waals surface area contributed by atoms with E-state index in [-0.39, 0.29) is 18.4 Å². The zero-order valence-corrected chi connectivity index (χ0v) is 13.7. The van der Waals surface area contributed by atoms with Crippen LogP contribution < -0.4 is 10.1 Å². The summed E-state index contributed by atoms with van der Waals surface area (Å²) in [5.41, 5.74) is 1.68. The van der Waals surface area contributed by atoms with Crippen molar-refractivity contribution in [2.24, 2.45) is 0 Å². The number of ether oxygens (including phenoxy) is 2. The number of methoxy groups -OCH3 is 1. The summed E-state index contributed by atoms with van der Waals surface area (Å²) in [6.07, 6.45) is 4.62. The van der Waals surface area contributed by atoms with E-state index in [1.807, 2.05) is 0 Å². The monoisotopic (exact) mass is 340 g/mol. The van der Waals surface area contributed by atoms with Crippen LogP contribution in [0.25, 0.3) is 5.52 Å². The number of nitrogens with zero attached hydrogens (tertiary/aromatic N) is 3. The van der Waals surface area contributed by atoms with Crippen LogP contribution in [0, 0.1) is 0 Å².